The van der Waals surface area contributed by atoms with E-state index in [-0.39, 0.29) is 25.0 Å². The van der Waals surface area contributed by atoms with Gasteiger partial charge in [-0.25, -0.2) is 0 Å². The molecule has 278 valence electrons. The standard InChI is InChI=1S/C41H42N6O7/c1-27(6-4-5-22-46-26-33(21-23-48)44-45-46)41(52)36-24-32(43-39(50)30-11-18-35(54-3)19-12-30)15-20-37(36)47(40(41)51)25-28-7-13-31(14-8-28)42-38(49)29-9-16-34(53-2)17-10-29/h4,6-20,24,26-27,48,52H,5,21-23,25H2,1-3H3,(H,42,49)(H,43,50)/b6-4+/t27-,41+/m0/s1. The van der Waals surface area contributed by atoms with Gasteiger partial charge in [-0.1, -0.05) is 36.4 Å². The lowest BCUT2D eigenvalue weighted by molar-refractivity contribution is -0.139. The fourth-order valence-electron chi connectivity index (χ4n) is 6.27. The minimum Gasteiger partial charge on any atom is -0.497 e. The number of rotatable bonds is 15. The molecule has 3 amide bonds. The number of aromatic nitrogens is 3. The zero-order valence-electron chi connectivity index (χ0n) is 30.2. The molecule has 2 atom stereocenters. The summed E-state index contributed by atoms with van der Waals surface area (Å²) in [6.07, 6.45) is 6.45. The fourth-order valence-corrected chi connectivity index (χ4v) is 6.27. The Morgan fingerprint density at radius 2 is 1.46 bits per heavy atom. The number of allylic oxidation sites excluding steroid dienone is 1. The quantitative estimate of drug-likeness (QED) is 0.104. The van der Waals surface area contributed by atoms with Gasteiger partial charge >= 0.3 is 0 Å². The van der Waals surface area contributed by atoms with Gasteiger partial charge in [0.15, 0.2) is 5.60 Å². The van der Waals surface area contributed by atoms with E-state index < -0.39 is 17.4 Å². The summed E-state index contributed by atoms with van der Waals surface area (Å²) in [5.74, 6) is -0.519. The largest absolute Gasteiger partial charge is 0.497 e. The number of amides is 3. The molecular formula is C41H42N6O7. The van der Waals surface area contributed by atoms with Crippen molar-refractivity contribution in [3.63, 3.8) is 0 Å². The Bertz CT molecular complexity index is 2130. The van der Waals surface area contributed by atoms with Crippen molar-refractivity contribution in [3.8, 4) is 11.5 Å². The zero-order chi connectivity index (χ0) is 38.2. The van der Waals surface area contributed by atoms with Gasteiger partial charge in [0.1, 0.15) is 11.5 Å². The van der Waals surface area contributed by atoms with Crippen molar-refractivity contribution in [1.29, 1.82) is 0 Å². The van der Waals surface area contributed by atoms with Crippen LogP contribution in [0, 0.1) is 5.92 Å². The monoisotopic (exact) mass is 730 g/mol. The van der Waals surface area contributed by atoms with Gasteiger partial charge in [-0.3, -0.25) is 19.1 Å². The number of carbonyl (C=O) groups is 3. The van der Waals surface area contributed by atoms with Gasteiger partial charge in [0.2, 0.25) is 0 Å². The highest BCUT2D eigenvalue weighted by molar-refractivity contribution is 6.09. The number of aliphatic hydroxyl groups is 2. The van der Waals surface area contributed by atoms with Crippen LogP contribution in [0.25, 0.3) is 0 Å². The Labute approximate surface area is 312 Å². The number of ether oxygens (including phenoxy) is 2. The van der Waals surface area contributed by atoms with Crippen LogP contribution in [0.1, 0.15) is 50.9 Å². The van der Waals surface area contributed by atoms with Crippen molar-refractivity contribution in [2.75, 3.05) is 36.4 Å². The Morgan fingerprint density at radius 1 is 0.870 bits per heavy atom. The minimum absolute atomic E-state index is 0.0109. The lowest BCUT2D eigenvalue weighted by atomic mass is 9.82. The van der Waals surface area contributed by atoms with Crippen molar-refractivity contribution in [2.24, 2.45) is 5.92 Å². The van der Waals surface area contributed by atoms with E-state index in [9.17, 15) is 19.5 Å². The van der Waals surface area contributed by atoms with Crippen LogP contribution >= 0.6 is 0 Å². The van der Waals surface area contributed by atoms with Gasteiger partial charge in [-0.05, 0) is 90.8 Å². The molecule has 1 aliphatic rings. The van der Waals surface area contributed by atoms with Gasteiger partial charge in [0.25, 0.3) is 17.7 Å². The zero-order valence-corrected chi connectivity index (χ0v) is 30.2. The highest BCUT2D eigenvalue weighted by Crippen LogP contribution is 2.47. The summed E-state index contributed by atoms with van der Waals surface area (Å²) >= 11 is 0. The first-order chi connectivity index (χ1) is 26.1. The molecule has 0 unspecified atom stereocenters. The average Bonchev–Trinajstić information content (AvgIpc) is 3.73. The highest BCUT2D eigenvalue weighted by Gasteiger charge is 2.52. The topological polar surface area (TPSA) is 168 Å². The van der Waals surface area contributed by atoms with E-state index in [1.807, 2.05) is 18.2 Å². The maximum Gasteiger partial charge on any atom is 0.264 e. The van der Waals surface area contributed by atoms with E-state index in [0.717, 1.165) is 5.56 Å². The van der Waals surface area contributed by atoms with Crippen molar-refractivity contribution in [2.45, 2.75) is 38.5 Å². The third-order valence-corrected chi connectivity index (χ3v) is 9.35. The molecule has 13 heteroatoms. The van der Waals surface area contributed by atoms with Crippen molar-refractivity contribution < 1.29 is 34.1 Å². The first-order valence-electron chi connectivity index (χ1n) is 17.5. The van der Waals surface area contributed by atoms with Crippen LogP contribution in [-0.4, -0.2) is 63.8 Å². The van der Waals surface area contributed by atoms with Gasteiger partial charge < -0.3 is 35.2 Å². The maximum atomic E-state index is 14.3. The summed E-state index contributed by atoms with van der Waals surface area (Å²) in [6.45, 7) is 2.44. The Hall–Kier alpha value is -6.31. The van der Waals surface area contributed by atoms with Crippen LogP contribution in [-0.2, 0) is 29.9 Å². The molecule has 4 N–H and O–H groups in total. The smallest absolute Gasteiger partial charge is 0.264 e. The van der Waals surface area contributed by atoms with Gasteiger partial charge in [-0.2, -0.15) is 0 Å². The van der Waals surface area contributed by atoms with Crippen LogP contribution in [0.2, 0.25) is 0 Å². The molecule has 4 aromatic carbocycles. The van der Waals surface area contributed by atoms with Crippen LogP contribution in [0.3, 0.4) is 0 Å². The maximum absolute atomic E-state index is 14.3. The van der Waals surface area contributed by atoms with Crippen LogP contribution in [0.4, 0.5) is 17.1 Å². The third-order valence-electron chi connectivity index (χ3n) is 9.35. The Morgan fingerprint density at radius 3 is 2.06 bits per heavy atom. The minimum atomic E-state index is -1.94. The number of nitrogens with one attached hydrogen (secondary N) is 2. The van der Waals surface area contributed by atoms with Gasteiger partial charge in [-0.15, -0.1) is 5.10 Å². The number of hydrogen-bond donors (Lipinski definition) is 4. The number of methoxy groups -OCH3 is 2. The van der Waals surface area contributed by atoms with E-state index in [1.54, 1.807) is 117 Å². The molecule has 0 bridgehead atoms. The first kappa shape index (κ1) is 37.4. The fraction of sp³-hybridized carbons (Fsp3) is 0.244. The molecule has 0 aliphatic carbocycles. The number of aryl methyl sites for hydroxylation is 1. The van der Waals surface area contributed by atoms with Gasteiger partial charge in [0.05, 0.1) is 32.1 Å². The summed E-state index contributed by atoms with van der Waals surface area (Å²) in [6, 6.07) is 25.7. The number of nitrogens with zero attached hydrogens (tertiary/aromatic N) is 4. The molecule has 2 heterocycles. The van der Waals surface area contributed by atoms with Crippen LogP contribution in [0.5, 0.6) is 11.5 Å². The SMILES string of the molecule is COc1ccc(C(=O)Nc2ccc(CN3C(=O)[C@@](O)([C@@H](C)/C=C/CCn4cc(CCO)nn4)c4cc(NC(=O)c5ccc(OC)cc5)ccc43)cc2)cc1. The number of hydrogen-bond acceptors (Lipinski definition) is 9. The van der Waals surface area contributed by atoms with Crippen LogP contribution in [0.15, 0.2) is 109 Å². The lowest BCUT2D eigenvalue weighted by Crippen LogP contribution is -2.44. The van der Waals surface area contributed by atoms with Crippen molar-refractivity contribution in [1.82, 2.24) is 15.0 Å². The van der Waals surface area contributed by atoms with Crippen LogP contribution < -0.4 is 25.0 Å². The predicted molar refractivity (Wildman–Crippen MR) is 204 cm³/mol. The average molecular weight is 731 g/mol. The molecule has 1 aliphatic heterocycles. The molecule has 0 radical (unpaired) electrons. The lowest BCUT2D eigenvalue weighted by Gasteiger charge is -2.28. The molecule has 1 aromatic heterocycles. The van der Waals surface area contributed by atoms with Crippen molar-refractivity contribution >= 4 is 34.8 Å². The molecular weight excluding hydrogens is 688 g/mol. The number of anilines is 3. The molecule has 0 fully saturated rings. The molecule has 0 saturated carbocycles. The van der Waals surface area contributed by atoms with Gasteiger partial charge in [0, 0.05) is 59.8 Å². The predicted octanol–water partition coefficient (Wildman–Crippen LogP) is 5.35. The normalized spacial score (nSPS) is 15.6. The summed E-state index contributed by atoms with van der Waals surface area (Å²) in [7, 11) is 3.11. The molecule has 0 saturated heterocycles. The number of fused-ring (bicyclic) bond motifs is 1. The van der Waals surface area contributed by atoms with E-state index in [1.165, 1.54) is 4.90 Å². The summed E-state index contributed by atoms with van der Waals surface area (Å²) in [4.78, 5) is 41.8. The third kappa shape index (κ3) is 8.17. The summed E-state index contributed by atoms with van der Waals surface area (Å²) < 4.78 is 12.0. The Kier molecular flexibility index (Phi) is 11.5. The highest BCUT2D eigenvalue weighted by atomic mass is 16.5. The van der Waals surface area contributed by atoms with E-state index >= 15 is 0 Å². The second-order valence-corrected chi connectivity index (χ2v) is 12.9. The van der Waals surface area contributed by atoms with E-state index in [2.05, 4.69) is 20.9 Å². The molecule has 54 heavy (non-hydrogen) atoms. The van der Waals surface area contributed by atoms with E-state index in [4.69, 9.17) is 14.6 Å². The molecule has 6 rings (SSSR count). The molecule has 5 aromatic rings. The van der Waals surface area contributed by atoms with Crippen molar-refractivity contribution in [3.05, 3.63) is 137 Å². The number of aliphatic hydroxyl groups excluding tert-OH is 1. The van der Waals surface area contributed by atoms with E-state index in [0.29, 0.717) is 70.3 Å². The number of carbonyl (C=O) groups excluding carboxylic acids is 3. The summed E-state index contributed by atoms with van der Waals surface area (Å²) in [5, 5.41) is 35.4. The molecule has 0 spiro atoms. The summed E-state index contributed by atoms with van der Waals surface area (Å²) in [5.41, 5.74) is 2.30. The first-order valence-corrected chi connectivity index (χ1v) is 17.5. The second kappa shape index (κ2) is 16.6. The second-order valence-electron chi connectivity index (χ2n) is 12.9. The number of benzene rings is 4. The molecule has 13 nitrogen and oxygen atoms in total. The Balaban J connectivity index is 1.22.